The molecule has 0 aliphatic rings. The van der Waals surface area contributed by atoms with Crippen LogP contribution in [0.2, 0.25) is 0 Å². The van der Waals surface area contributed by atoms with Gasteiger partial charge < -0.3 is 9.47 Å². The minimum atomic E-state index is 0.116. The minimum absolute atomic E-state index is 0.116. The summed E-state index contributed by atoms with van der Waals surface area (Å²) < 4.78 is 10.5. The monoisotopic (exact) mass is 196 g/mol. The van der Waals surface area contributed by atoms with Gasteiger partial charge in [0.05, 0.1) is 44.3 Å². The second-order valence-corrected chi connectivity index (χ2v) is 2.90. The molecule has 4 nitrogen and oxygen atoms in total. The smallest absolute Gasteiger partial charge is 0.0645 e. The summed E-state index contributed by atoms with van der Waals surface area (Å²) in [6, 6.07) is 4.02. The minimum Gasteiger partial charge on any atom is -0.380 e. The van der Waals surface area contributed by atoms with Crippen LogP contribution in [0.15, 0.2) is 0 Å². The molecular formula is C10H16N2O2. The van der Waals surface area contributed by atoms with Crippen molar-refractivity contribution in [2.75, 3.05) is 19.8 Å². The molecule has 0 aromatic rings. The fraction of sp³-hybridized carbons (Fsp3) is 0.800. The quantitative estimate of drug-likeness (QED) is 0.553. The molecular weight excluding hydrogens is 180 g/mol. The van der Waals surface area contributed by atoms with Gasteiger partial charge in [-0.25, -0.2) is 0 Å². The van der Waals surface area contributed by atoms with Crippen LogP contribution in [0.4, 0.5) is 0 Å². The summed E-state index contributed by atoms with van der Waals surface area (Å²) in [6.07, 6.45) is 1.78. The first-order valence-electron chi connectivity index (χ1n) is 4.74. The average Bonchev–Trinajstić information content (AvgIpc) is 2.18. The molecule has 0 aliphatic heterocycles. The molecule has 0 N–H and O–H groups in total. The molecule has 14 heavy (non-hydrogen) atoms. The van der Waals surface area contributed by atoms with Crippen LogP contribution < -0.4 is 0 Å². The summed E-state index contributed by atoms with van der Waals surface area (Å²) in [5.74, 6) is 0. The molecule has 0 amide bonds. The van der Waals surface area contributed by atoms with Crippen LogP contribution in [0.1, 0.15) is 26.2 Å². The molecule has 0 fully saturated rings. The van der Waals surface area contributed by atoms with E-state index in [4.69, 9.17) is 20.0 Å². The Morgan fingerprint density at radius 2 is 1.71 bits per heavy atom. The Morgan fingerprint density at radius 1 is 1.07 bits per heavy atom. The van der Waals surface area contributed by atoms with Crippen molar-refractivity contribution in [3.05, 3.63) is 0 Å². The standard InChI is InChI=1S/C10H16N2O2/c1-10(14-8-3-6-12)4-9-13-7-2-5-11/h10H,2-4,7-9H2,1H3. The molecule has 4 heteroatoms. The summed E-state index contributed by atoms with van der Waals surface area (Å²) in [5.41, 5.74) is 0. The van der Waals surface area contributed by atoms with Gasteiger partial charge in [-0.3, -0.25) is 0 Å². The summed E-state index contributed by atoms with van der Waals surface area (Å²) in [4.78, 5) is 0. The van der Waals surface area contributed by atoms with Gasteiger partial charge in [0, 0.05) is 6.61 Å². The molecule has 0 rings (SSSR count). The van der Waals surface area contributed by atoms with E-state index in [1.54, 1.807) is 0 Å². The van der Waals surface area contributed by atoms with E-state index < -0.39 is 0 Å². The second-order valence-electron chi connectivity index (χ2n) is 2.90. The van der Waals surface area contributed by atoms with E-state index in [1.165, 1.54) is 0 Å². The Labute approximate surface area is 85.0 Å². The first-order chi connectivity index (χ1) is 6.81. The third-order valence-electron chi connectivity index (χ3n) is 1.64. The lowest BCUT2D eigenvalue weighted by atomic mass is 10.3. The highest BCUT2D eigenvalue weighted by Crippen LogP contribution is 1.98. The second kappa shape index (κ2) is 9.98. The van der Waals surface area contributed by atoms with Crippen LogP contribution >= 0.6 is 0 Å². The van der Waals surface area contributed by atoms with Gasteiger partial charge in [-0.05, 0) is 13.3 Å². The van der Waals surface area contributed by atoms with Crippen molar-refractivity contribution < 1.29 is 9.47 Å². The highest BCUT2D eigenvalue weighted by Gasteiger charge is 2.01. The van der Waals surface area contributed by atoms with Crippen molar-refractivity contribution in [1.29, 1.82) is 10.5 Å². The van der Waals surface area contributed by atoms with E-state index in [9.17, 15) is 0 Å². The molecule has 0 aliphatic carbocycles. The Hall–Kier alpha value is -1.10. The van der Waals surface area contributed by atoms with Crippen molar-refractivity contribution in [1.82, 2.24) is 0 Å². The van der Waals surface area contributed by atoms with Crippen molar-refractivity contribution in [3.63, 3.8) is 0 Å². The molecule has 0 spiro atoms. The van der Waals surface area contributed by atoms with Crippen molar-refractivity contribution >= 4 is 0 Å². The van der Waals surface area contributed by atoms with Crippen LogP contribution in [0.5, 0.6) is 0 Å². The summed E-state index contributed by atoms with van der Waals surface area (Å²) in [6.45, 7) is 3.53. The topological polar surface area (TPSA) is 66.0 Å². The van der Waals surface area contributed by atoms with Gasteiger partial charge in [-0.2, -0.15) is 10.5 Å². The Bertz CT molecular complexity index is 205. The summed E-state index contributed by atoms with van der Waals surface area (Å²) in [5, 5.41) is 16.5. The van der Waals surface area contributed by atoms with E-state index in [2.05, 4.69) is 0 Å². The van der Waals surface area contributed by atoms with E-state index in [1.807, 2.05) is 19.1 Å². The highest BCUT2D eigenvalue weighted by atomic mass is 16.5. The van der Waals surface area contributed by atoms with Gasteiger partial charge in [0.2, 0.25) is 0 Å². The summed E-state index contributed by atoms with van der Waals surface area (Å²) in [7, 11) is 0. The first kappa shape index (κ1) is 12.9. The van der Waals surface area contributed by atoms with Crippen LogP contribution in [-0.4, -0.2) is 25.9 Å². The van der Waals surface area contributed by atoms with Crippen molar-refractivity contribution in [3.8, 4) is 12.1 Å². The number of hydrogen-bond donors (Lipinski definition) is 0. The fourth-order valence-corrected chi connectivity index (χ4v) is 0.858. The van der Waals surface area contributed by atoms with Gasteiger partial charge in [0.1, 0.15) is 0 Å². The lowest BCUT2D eigenvalue weighted by Crippen LogP contribution is -2.12. The molecule has 0 saturated carbocycles. The summed E-state index contributed by atoms with van der Waals surface area (Å²) >= 11 is 0. The fourth-order valence-electron chi connectivity index (χ4n) is 0.858. The molecule has 78 valence electrons. The van der Waals surface area contributed by atoms with E-state index in [0.717, 1.165) is 6.42 Å². The van der Waals surface area contributed by atoms with Crippen LogP contribution in [0, 0.1) is 22.7 Å². The van der Waals surface area contributed by atoms with E-state index in [0.29, 0.717) is 32.7 Å². The van der Waals surface area contributed by atoms with E-state index in [-0.39, 0.29) is 6.10 Å². The number of hydrogen-bond acceptors (Lipinski definition) is 4. The van der Waals surface area contributed by atoms with Gasteiger partial charge >= 0.3 is 0 Å². The third kappa shape index (κ3) is 8.99. The maximum atomic E-state index is 8.27. The third-order valence-corrected chi connectivity index (χ3v) is 1.64. The normalized spacial score (nSPS) is 11.6. The molecule has 0 heterocycles. The number of rotatable bonds is 8. The predicted octanol–water partition coefficient (Wildman–Crippen LogP) is 1.63. The Kier molecular flexibility index (Phi) is 9.20. The SMILES string of the molecule is CC(CCOCCC#N)OCCC#N. The number of nitriles is 2. The highest BCUT2D eigenvalue weighted by molar-refractivity contribution is 4.68. The largest absolute Gasteiger partial charge is 0.380 e. The Balaban J connectivity index is 3.15. The maximum Gasteiger partial charge on any atom is 0.0645 e. The van der Waals surface area contributed by atoms with Crippen LogP contribution in [0.25, 0.3) is 0 Å². The van der Waals surface area contributed by atoms with Crippen molar-refractivity contribution in [2.24, 2.45) is 0 Å². The van der Waals surface area contributed by atoms with Gasteiger partial charge in [0.15, 0.2) is 0 Å². The zero-order valence-electron chi connectivity index (χ0n) is 8.53. The lowest BCUT2D eigenvalue weighted by molar-refractivity contribution is 0.0353. The molecule has 1 unspecified atom stereocenters. The van der Waals surface area contributed by atoms with Crippen molar-refractivity contribution in [2.45, 2.75) is 32.3 Å². The van der Waals surface area contributed by atoms with Gasteiger partial charge in [0.25, 0.3) is 0 Å². The predicted molar refractivity (Wildman–Crippen MR) is 51.3 cm³/mol. The molecule has 0 aromatic carbocycles. The average molecular weight is 196 g/mol. The van der Waals surface area contributed by atoms with Gasteiger partial charge in [-0.15, -0.1) is 0 Å². The molecule has 0 aromatic heterocycles. The van der Waals surface area contributed by atoms with Gasteiger partial charge in [-0.1, -0.05) is 0 Å². The van der Waals surface area contributed by atoms with E-state index >= 15 is 0 Å². The zero-order chi connectivity index (χ0) is 10.6. The van der Waals surface area contributed by atoms with Crippen LogP contribution in [0.3, 0.4) is 0 Å². The molecule has 1 atom stereocenters. The first-order valence-corrected chi connectivity index (χ1v) is 4.74. The zero-order valence-corrected chi connectivity index (χ0v) is 8.53. The molecule has 0 radical (unpaired) electrons. The van der Waals surface area contributed by atoms with Crippen LogP contribution in [-0.2, 0) is 9.47 Å². The lowest BCUT2D eigenvalue weighted by Gasteiger charge is -2.11. The molecule has 0 bridgehead atoms. The molecule has 0 saturated heterocycles. The number of ether oxygens (including phenoxy) is 2. The Morgan fingerprint density at radius 3 is 2.36 bits per heavy atom. The maximum absolute atomic E-state index is 8.27. The number of nitrogens with zero attached hydrogens (tertiary/aromatic N) is 2.